The highest BCUT2D eigenvalue weighted by Gasteiger charge is 2.08. The van der Waals surface area contributed by atoms with E-state index in [1.54, 1.807) is 4.72 Å². The van der Waals surface area contributed by atoms with Gasteiger partial charge in [-0.3, -0.25) is 14.7 Å². The van der Waals surface area contributed by atoms with E-state index < -0.39 is 15.2 Å². The van der Waals surface area contributed by atoms with Gasteiger partial charge in [0.25, 0.3) is 5.69 Å². The van der Waals surface area contributed by atoms with Gasteiger partial charge in [-0.2, -0.15) is 8.42 Å². The monoisotopic (exact) mass is 219 g/mol. The van der Waals surface area contributed by atoms with E-state index in [1.807, 2.05) is 0 Å². The van der Waals surface area contributed by atoms with Crippen LogP contribution in [-0.2, 0) is 10.3 Å². The second kappa shape index (κ2) is 3.55. The Labute approximate surface area is 78.6 Å². The maximum Gasteiger partial charge on any atom is 0.358 e. The Hall–Kier alpha value is -1.74. The van der Waals surface area contributed by atoms with Gasteiger partial charge in [0.15, 0.2) is 0 Å². The summed E-state index contributed by atoms with van der Waals surface area (Å²) in [5, 5.41) is 10.2. The molecule has 8 nitrogen and oxygen atoms in total. The Balaban J connectivity index is 2.90. The molecule has 0 atom stereocenters. The van der Waals surface area contributed by atoms with Crippen LogP contribution in [0.25, 0.3) is 0 Å². The van der Waals surface area contributed by atoms with Crippen molar-refractivity contribution in [1.29, 1.82) is 0 Å². The first-order valence-corrected chi connectivity index (χ1v) is 4.68. The molecule has 0 amide bonds. The van der Waals surface area contributed by atoms with Crippen LogP contribution in [0.1, 0.15) is 0 Å². The van der Waals surface area contributed by atoms with Crippen molar-refractivity contribution < 1.29 is 17.9 Å². The van der Waals surface area contributed by atoms with E-state index in [2.05, 4.69) is 4.98 Å². The van der Waals surface area contributed by atoms with Crippen LogP contribution < -0.4 is 4.72 Å². The summed E-state index contributed by atoms with van der Waals surface area (Å²) >= 11 is 0. The van der Waals surface area contributed by atoms with Crippen LogP contribution in [0, 0.1) is 10.1 Å². The fraction of sp³-hybridized carbons (Fsp3) is 0. The molecule has 1 aromatic rings. The van der Waals surface area contributed by atoms with Crippen LogP contribution in [0.5, 0.6) is 0 Å². The van der Waals surface area contributed by atoms with Crippen LogP contribution >= 0.6 is 0 Å². The molecule has 0 aliphatic rings. The number of anilines is 1. The SMILES string of the molecule is O=[N+]([O-])c1ccc(NS(=O)(=O)O)nc1. The van der Waals surface area contributed by atoms with Gasteiger partial charge in [0.1, 0.15) is 12.0 Å². The molecule has 9 heteroatoms. The molecule has 0 spiro atoms. The molecule has 2 N–H and O–H groups in total. The molecule has 0 saturated carbocycles. The second-order valence-electron chi connectivity index (χ2n) is 2.24. The summed E-state index contributed by atoms with van der Waals surface area (Å²) in [6, 6.07) is 2.12. The third-order valence-corrected chi connectivity index (χ3v) is 1.66. The molecule has 76 valence electrons. The fourth-order valence-corrected chi connectivity index (χ4v) is 1.07. The van der Waals surface area contributed by atoms with Crippen molar-refractivity contribution in [3.05, 3.63) is 28.4 Å². The molecule has 0 aliphatic carbocycles. The summed E-state index contributed by atoms with van der Waals surface area (Å²) in [5.74, 6) is -0.196. The van der Waals surface area contributed by atoms with E-state index in [0.29, 0.717) is 0 Å². The van der Waals surface area contributed by atoms with Crippen molar-refractivity contribution in [1.82, 2.24) is 4.98 Å². The van der Waals surface area contributed by atoms with Crippen molar-refractivity contribution in [2.24, 2.45) is 0 Å². The number of rotatable bonds is 3. The molecule has 0 saturated heterocycles. The van der Waals surface area contributed by atoms with Crippen LogP contribution in [0.2, 0.25) is 0 Å². The summed E-state index contributed by atoms with van der Waals surface area (Å²) in [4.78, 5) is 12.9. The van der Waals surface area contributed by atoms with Crippen molar-refractivity contribution in [2.45, 2.75) is 0 Å². The average molecular weight is 219 g/mol. The number of pyridine rings is 1. The summed E-state index contributed by atoms with van der Waals surface area (Å²) in [7, 11) is -4.39. The molecule has 0 fully saturated rings. The molecule has 0 aromatic carbocycles. The molecule has 1 rings (SSSR count). The van der Waals surface area contributed by atoms with Gasteiger partial charge in [-0.05, 0) is 6.07 Å². The van der Waals surface area contributed by atoms with Gasteiger partial charge < -0.3 is 0 Å². The summed E-state index contributed by atoms with van der Waals surface area (Å²) in [5.41, 5.74) is -0.272. The zero-order valence-corrected chi connectivity index (χ0v) is 7.43. The second-order valence-corrected chi connectivity index (χ2v) is 3.39. The van der Waals surface area contributed by atoms with E-state index >= 15 is 0 Å². The third kappa shape index (κ3) is 2.95. The molecule has 0 bridgehead atoms. The Bertz CT molecular complexity index is 439. The maximum absolute atomic E-state index is 10.3. The lowest BCUT2D eigenvalue weighted by molar-refractivity contribution is -0.385. The minimum atomic E-state index is -4.39. The van der Waals surface area contributed by atoms with E-state index in [-0.39, 0.29) is 11.5 Å². The average Bonchev–Trinajstić information content (AvgIpc) is 2.02. The lowest BCUT2D eigenvalue weighted by atomic mass is 10.4. The molecule has 14 heavy (non-hydrogen) atoms. The highest BCUT2D eigenvalue weighted by atomic mass is 32.2. The van der Waals surface area contributed by atoms with Gasteiger partial charge in [-0.1, -0.05) is 0 Å². The molecule has 0 radical (unpaired) electrons. The van der Waals surface area contributed by atoms with Crippen molar-refractivity contribution in [3.8, 4) is 0 Å². The number of nitrogens with one attached hydrogen (secondary N) is 1. The van der Waals surface area contributed by atoms with Gasteiger partial charge in [0.05, 0.1) is 4.92 Å². The largest absolute Gasteiger partial charge is 0.358 e. The minimum Gasteiger partial charge on any atom is -0.269 e. The molecular weight excluding hydrogens is 214 g/mol. The normalized spacial score (nSPS) is 10.9. The number of hydrogen-bond acceptors (Lipinski definition) is 5. The van der Waals surface area contributed by atoms with Gasteiger partial charge in [-0.15, -0.1) is 0 Å². The Kier molecular flexibility index (Phi) is 2.63. The topological polar surface area (TPSA) is 122 Å². The summed E-state index contributed by atoms with van der Waals surface area (Å²) < 4.78 is 30.6. The molecule has 0 unspecified atom stereocenters. The quantitative estimate of drug-likeness (QED) is 0.425. The first-order chi connectivity index (χ1) is 6.38. The molecule has 1 aromatic heterocycles. The zero-order valence-electron chi connectivity index (χ0n) is 6.61. The number of nitro groups is 1. The number of nitrogens with zero attached hydrogens (tertiary/aromatic N) is 2. The molecule has 1 heterocycles. The van der Waals surface area contributed by atoms with Gasteiger partial charge in [-0.25, -0.2) is 9.71 Å². The van der Waals surface area contributed by atoms with E-state index in [9.17, 15) is 18.5 Å². The summed E-state index contributed by atoms with van der Waals surface area (Å²) in [6.45, 7) is 0. The Morgan fingerprint density at radius 1 is 1.50 bits per heavy atom. The Morgan fingerprint density at radius 2 is 2.14 bits per heavy atom. The number of hydrogen-bond donors (Lipinski definition) is 2. The lowest BCUT2D eigenvalue weighted by Gasteiger charge is -1.99. The Morgan fingerprint density at radius 3 is 2.50 bits per heavy atom. The zero-order chi connectivity index (χ0) is 10.8. The maximum atomic E-state index is 10.3. The van der Waals surface area contributed by atoms with Crippen LogP contribution in [-0.4, -0.2) is 22.9 Å². The molecule has 0 aliphatic heterocycles. The minimum absolute atomic E-state index is 0.196. The fourth-order valence-electron chi connectivity index (χ4n) is 0.687. The number of aromatic nitrogens is 1. The van der Waals surface area contributed by atoms with Gasteiger partial charge in [0.2, 0.25) is 0 Å². The standard InChI is InChI=1S/C5H5N3O5S/c9-8(10)4-1-2-5(6-3-4)7-14(11,12)13/h1-3H,(H,6,7)(H,11,12,13). The van der Waals surface area contributed by atoms with Crippen molar-refractivity contribution >= 4 is 21.8 Å². The van der Waals surface area contributed by atoms with Crippen molar-refractivity contribution in [2.75, 3.05) is 4.72 Å². The first-order valence-electron chi connectivity index (χ1n) is 3.24. The van der Waals surface area contributed by atoms with Gasteiger partial charge in [0, 0.05) is 6.07 Å². The molecular formula is C5H5N3O5S. The lowest BCUT2D eigenvalue weighted by Crippen LogP contribution is -2.11. The highest BCUT2D eigenvalue weighted by Crippen LogP contribution is 2.12. The van der Waals surface area contributed by atoms with Crippen LogP contribution in [0.3, 0.4) is 0 Å². The summed E-state index contributed by atoms with van der Waals surface area (Å²) in [6.07, 6.45) is 0.869. The predicted octanol–water partition coefficient (Wildman–Crippen LogP) is 0.204. The van der Waals surface area contributed by atoms with E-state index in [1.165, 1.54) is 0 Å². The van der Waals surface area contributed by atoms with Crippen LogP contribution in [0.15, 0.2) is 18.3 Å². The van der Waals surface area contributed by atoms with Crippen molar-refractivity contribution in [3.63, 3.8) is 0 Å². The third-order valence-electron chi connectivity index (χ3n) is 1.19. The predicted molar refractivity (Wildman–Crippen MR) is 46.1 cm³/mol. The smallest absolute Gasteiger partial charge is 0.269 e. The van der Waals surface area contributed by atoms with E-state index in [0.717, 1.165) is 18.3 Å². The van der Waals surface area contributed by atoms with Crippen LogP contribution in [0.4, 0.5) is 11.5 Å². The first kappa shape index (κ1) is 10.3. The van der Waals surface area contributed by atoms with E-state index in [4.69, 9.17) is 4.55 Å². The van der Waals surface area contributed by atoms with Gasteiger partial charge >= 0.3 is 10.3 Å². The highest BCUT2D eigenvalue weighted by molar-refractivity contribution is 7.87.